The smallest absolute Gasteiger partial charge is 0.269 e. The number of carbonyl (C=O) groups excluding carboxylic acids is 2. The highest BCUT2D eigenvalue weighted by Gasteiger charge is 2.44. The fourth-order valence-corrected chi connectivity index (χ4v) is 6.62. The summed E-state index contributed by atoms with van der Waals surface area (Å²) in [5, 5.41) is 2.55. The Kier molecular flexibility index (Phi) is 3.72. The zero-order valence-electron chi connectivity index (χ0n) is 12.9. The van der Waals surface area contributed by atoms with Gasteiger partial charge in [-0.15, -0.1) is 0 Å². The maximum Gasteiger partial charge on any atom is 0.269 e. The third kappa shape index (κ3) is 2.80. The van der Waals surface area contributed by atoms with Gasteiger partial charge in [-0.25, -0.2) is 21.1 Å². The lowest BCUT2D eigenvalue weighted by atomic mass is 10.0. The second kappa shape index (κ2) is 5.28. The molecule has 1 N–H and O–H groups in total. The number of sulfone groups is 1. The largest absolute Gasteiger partial charge is 0.348 e. The van der Waals surface area contributed by atoms with Gasteiger partial charge in [0.2, 0.25) is 5.91 Å². The number of benzene rings is 1. The average Bonchev–Trinajstić information content (AvgIpc) is 2.85. The molecular formula is C14H16N2O6S2. The van der Waals surface area contributed by atoms with Gasteiger partial charge in [-0.1, -0.05) is 12.1 Å². The molecule has 8 nitrogen and oxygen atoms in total. The molecule has 1 atom stereocenters. The molecule has 0 radical (unpaired) electrons. The van der Waals surface area contributed by atoms with Crippen molar-refractivity contribution in [3.63, 3.8) is 0 Å². The number of sulfonamides is 1. The predicted octanol–water partition coefficient (Wildman–Crippen LogP) is -0.475. The first-order valence-corrected chi connectivity index (χ1v) is 10.5. The fraction of sp³-hybridized carbons (Fsp3) is 0.429. The molecule has 0 bridgehead atoms. The monoisotopic (exact) mass is 372 g/mol. The second-order valence-corrected chi connectivity index (χ2v) is 10.3. The zero-order chi connectivity index (χ0) is 17.8. The van der Waals surface area contributed by atoms with Gasteiger partial charge in [-0.3, -0.25) is 9.59 Å². The van der Waals surface area contributed by atoms with Crippen LogP contribution in [0.1, 0.15) is 23.7 Å². The standard InChI is InChI=1S/C14H16N2O6S2/c1-14(6-7-23(19,20)9-14)15-12(17)8-16-13(18)10-4-2-3-5-11(10)24(16,21)22/h2-5H,6-9H2,1H3,(H,15,17)/t14-/m0/s1. The summed E-state index contributed by atoms with van der Waals surface area (Å²) in [6, 6.07) is 5.74. The van der Waals surface area contributed by atoms with Crippen molar-refractivity contribution in [2.45, 2.75) is 23.8 Å². The highest BCUT2D eigenvalue weighted by atomic mass is 32.2. The van der Waals surface area contributed by atoms with Crippen LogP contribution in [-0.2, 0) is 24.7 Å². The van der Waals surface area contributed by atoms with Crippen LogP contribution in [0.15, 0.2) is 29.2 Å². The first kappa shape index (κ1) is 16.9. The van der Waals surface area contributed by atoms with Gasteiger partial charge in [-0.2, -0.15) is 0 Å². The van der Waals surface area contributed by atoms with E-state index in [0.717, 1.165) is 0 Å². The van der Waals surface area contributed by atoms with Crippen molar-refractivity contribution in [1.82, 2.24) is 9.62 Å². The van der Waals surface area contributed by atoms with Gasteiger partial charge in [0.1, 0.15) is 11.4 Å². The SMILES string of the molecule is C[C@]1(NC(=O)CN2C(=O)c3ccccc3S2(=O)=O)CCS(=O)(=O)C1. The van der Waals surface area contributed by atoms with Crippen LogP contribution in [0.25, 0.3) is 0 Å². The van der Waals surface area contributed by atoms with E-state index in [0.29, 0.717) is 4.31 Å². The van der Waals surface area contributed by atoms with Crippen molar-refractivity contribution >= 4 is 31.7 Å². The molecule has 0 unspecified atom stereocenters. The molecule has 0 spiro atoms. The van der Waals surface area contributed by atoms with Crippen LogP contribution in [0, 0.1) is 0 Å². The number of amides is 2. The van der Waals surface area contributed by atoms with Gasteiger partial charge >= 0.3 is 0 Å². The Labute approximate surface area is 139 Å². The van der Waals surface area contributed by atoms with Crippen LogP contribution < -0.4 is 5.32 Å². The van der Waals surface area contributed by atoms with E-state index in [9.17, 15) is 26.4 Å². The molecule has 1 saturated heterocycles. The van der Waals surface area contributed by atoms with Crippen molar-refractivity contribution in [3.8, 4) is 0 Å². The second-order valence-electron chi connectivity index (χ2n) is 6.26. The van der Waals surface area contributed by atoms with Crippen LogP contribution in [-0.4, -0.2) is 56.5 Å². The summed E-state index contributed by atoms with van der Waals surface area (Å²) in [4.78, 5) is 24.3. The van der Waals surface area contributed by atoms with Gasteiger partial charge in [0.05, 0.1) is 22.6 Å². The molecule has 2 aliphatic heterocycles. The highest BCUT2D eigenvalue weighted by molar-refractivity contribution is 7.91. The molecule has 0 aliphatic carbocycles. The van der Waals surface area contributed by atoms with Crippen molar-refractivity contribution < 1.29 is 26.4 Å². The molecule has 1 aromatic rings. The van der Waals surface area contributed by atoms with E-state index >= 15 is 0 Å². The van der Waals surface area contributed by atoms with Crippen LogP contribution in [0.2, 0.25) is 0 Å². The average molecular weight is 372 g/mol. The lowest BCUT2D eigenvalue weighted by molar-refractivity contribution is -0.122. The zero-order valence-corrected chi connectivity index (χ0v) is 14.5. The lowest BCUT2D eigenvalue weighted by Crippen LogP contribution is -2.51. The van der Waals surface area contributed by atoms with E-state index in [2.05, 4.69) is 5.32 Å². The minimum atomic E-state index is -4.06. The molecular weight excluding hydrogens is 356 g/mol. The third-order valence-corrected chi connectivity index (χ3v) is 7.83. The quantitative estimate of drug-likeness (QED) is 0.766. The number of nitrogens with zero attached hydrogens (tertiary/aromatic N) is 1. The van der Waals surface area contributed by atoms with Crippen LogP contribution >= 0.6 is 0 Å². The summed E-state index contributed by atoms with van der Waals surface area (Å²) >= 11 is 0. The Bertz CT molecular complexity index is 938. The first-order chi connectivity index (χ1) is 11.0. The van der Waals surface area contributed by atoms with E-state index in [1.807, 2.05) is 0 Å². The molecule has 0 aromatic heterocycles. The maximum absolute atomic E-state index is 12.4. The van der Waals surface area contributed by atoms with Crippen molar-refractivity contribution in [2.24, 2.45) is 0 Å². The molecule has 1 fully saturated rings. The number of carbonyl (C=O) groups is 2. The third-order valence-electron chi connectivity index (χ3n) is 4.14. The minimum Gasteiger partial charge on any atom is -0.348 e. The highest BCUT2D eigenvalue weighted by Crippen LogP contribution is 2.30. The van der Waals surface area contributed by atoms with E-state index in [1.54, 1.807) is 13.0 Å². The van der Waals surface area contributed by atoms with Gasteiger partial charge in [0.15, 0.2) is 9.84 Å². The Hall–Kier alpha value is -1.94. The number of hydrogen-bond acceptors (Lipinski definition) is 6. The molecule has 10 heteroatoms. The summed E-state index contributed by atoms with van der Waals surface area (Å²) in [6.07, 6.45) is 0.252. The number of rotatable bonds is 3. The van der Waals surface area contributed by atoms with E-state index < -0.39 is 43.8 Å². The summed E-state index contributed by atoms with van der Waals surface area (Å²) in [6.45, 7) is 0.913. The van der Waals surface area contributed by atoms with Crippen LogP contribution in [0.5, 0.6) is 0 Å². The van der Waals surface area contributed by atoms with E-state index in [-0.39, 0.29) is 28.4 Å². The number of fused-ring (bicyclic) bond motifs is 1. The predicted molar refractivity (Wildman–Crippen MR) is 84.5 cm³/mol. The molecule has 2 aliphatic rings. The van der Waals surface area contributed by atoms with Crippen molar-refractivity contribution in [2.75, 3.05) is 18.1 Å². The molecule has 0 saturated carbocycles. The summed E-state index contributed by atoms with van der Waals surface area (Å²) in [7, 11) is -7.28. The lowest BCUT2D eigenvalue weighted by Gasteiger charge is -2.25. The normalized spacial score (nSPS) is 27.0. The Morgan fingerprint density at radius 3 is 2.50 bits per heavy atom. The van der Waals surface area contributed by atoms with Gasteiger partial charge in [0.25, 0.3) is 15.9 Å². The van der Waals surface area contributed by atoms with Crippen molar-refractivity contribution in [1.29, 1.82) is 0 Å². The molecule has 2 amide bonds. The fourth-order valence-electron chi connectivity index (χ4n) is 3.00. The van der Waals surface area contributed by atoms with Crippen LogP contribution in [0.3, 0.4) is 0 Å². The first-order valence-electron chi connectivity index (χ1n) is 7.22. The minimum absolute atomic E-state index is 0.0277. The van der Waals surface area contributed by atoms with Gasteiger partial charge in [-0.05, 0) is 25.5 Å². The summed E-state index contributed by atoms with van der Waals surface area (Å²) in [5.41, 5.74) is -0.921. The number of hydrogen-bond donors (Lipinski definition) is 1. The molecule has 130 valence electrons. The molecule has 1 aromatic carbocycles. The molecule has 24 heavy (non-hydrogen) atoms. The van der Waals surface area contributed by atoms with E-state index in [4.69, 9.17) is 0 Å². The molecule has 2 heterocycles. The van der Waals surface area contributed by atoms with E-state index in [1.165, 1.54) is 18.2 Å². The maximum atomic E-state index is 12.4. The van der Waals surface area contributed by atoms with Gasteiger partial charge in [0, 0.05) is 0 Å². The Morgan fingerprint density at radius 2 is 1.92 bits per heavy atom. The molecule has 3 rings (SSSR count). The van der Waals surface area contributed by atoms with Gasteiger partial charge < -0.3 is 5.32 Å². The summed E-state index contributed by atoms with van der Waals surface area (Å²) < 4.78 is 48.4. The topological polar surface area (TPSA) is 118 Å². The Balaban J connectivity index is 1.78. The van der Waals surface area contributed by atoms with Crippen LogP contribution in [0.4, 0.5) is 0 Å². The summed E-state index contributed by atoms with van der Waals surface area (Å²) in [5.74, 6) is -1.70. The Morgan fingerprint density at radius 1 is 1.25 bits per heavy atom. The van der Waals surface area contributed by atoms with Crippen molar-refractivity contribution in [3.05, 3.63) is 29.8 Å². The number of nitrogens with one attached hydrogen (secondary N) is 1.